The van der Waals surface area contributed by atoms with Gasteiger partial charge in [-0.25, -0.2) is 0 Å². The smallest absolute Gasteiger partial charge is 0.224 e. The number of piperazine rings is 1. The standard InChI is InChI=1S/C19H24N4O/c1-22-8-10-23(11-9-22)19-20-17(13-18(24)21-19)16-7-6-14-4-2-3-5-15(14)12-16/h2-7,12,17,19-20H,8-11,13H2,1H3,(H,21,24). The van der Waals surface area contributed by atoms with E-state index in [0.717, 1.165) is 26.2 Å². The van der Waals surface area contributed by atoms with Crippen molar-refractivity contribution >= 4 is 16.7 Å². The topological polar surface area (TPSA) is 47.6 Å². The molecule has 2 fully saturated rings. The lowest BCUT2D eigenvalue weighted by Gasteiger charge is -2.42. The molecule has 0 saturated carbocycles. The zero-order chi connectivity index (χ0) is 16.5. The normalized spacial score (nSPS) is 26.5. The van der Waals surface area contributed by atoms with E-state index < -0.39 is 0 Å². The number of hydrogen-bond acceptors (Lipinski definition) is 4. The maximum atomic E-state index is 12.2. The number of carbonyl (C=O) groups is 1. The summed E-state index contributed by atoms with van der Waals surface area (Å²) in [6.07, 6.45) is 0.416. The van der Waals surface area contributed by atoms with Crippen LogP contribution in [0.15, 0.2) is 42.5 Å². The van der Waals surface area contributed by atoms with E-state index in [4.69, 9.17) is 0 Å². The largest absolute Gasteiger partial charge is 0.328 e. The van der Waals surface area contributed by atoms with Gasteiger partial charge in [-0.3, -0.25) is 15.0 Å². The van der Waals surface area contributed by atoms with Crippen LogP contribution in [0.25, 0.3) is 10.8 Å². The summed E-state index contributed by atoms with van der Waals surface area (Å²) in [5.74, 6) is 0.121. The zero-order valence-corrected chi connectivity index (χ0v) is 14.0. The minimum absolute atomic E-state index is 0.0630. The average molecular weight is 324 g/mol. The molecule has 0 aliphatic carbocycles. The highest BCUT2D eigenvalue weighted by atomic mass is 16.2. The summed E-state index contributed by atoms with van der Waals surface area (Å²) >= 11 is 0. The van der Waals surface area contributed by atoms with Crippen LogP contribution in [0, 0.1) is 0 Å². The highest BCUT2D eigenvalue weighted by Crippen LogP contribution is 2.25. The van der Waals surface area contributed by atoms with Crippen molar-refractivity contribution in [3.8, 4) is 0 Å². The van der Waals surface area contributed by atoms with Gasteiger partial charge in [0.15, 0.2) is 0 Å². The van der Waals surface area contributed by atoms with Gasteiger partial charge in [-0.05, 0) is 29.4 Å². The Morgan fingerprint density at radius 1 is 1.00 bits per heavy atom. The third-order valence-electron chi connectivity index (χ3n) is 5.13. The molecule has 0 aromatic heterocycles. The molecule has 2 heterocycles. The van der Waals surface area contributed by atoms with Crippen molar-refractivity contribution in [3.05, 3.63) is 48.0 Å². The van der Waals surface area contributed by atoms with Crippen LogP contribution in [0.2, 0.25) is 0 Å². The van der Waals surface area contributed by atoms with Crippen LogP contribution in [0.5, 0.6) is 0 Å². The lowest BCUT2D eigenvalue weighted by Crippen LogP contribution is -2.64. The highest BCUT2D eigenvalue weighted by molar-refractivity contribution is 5.83. The number of fused-ring (bicyclic) bond motifs is 1. The predicted molar refractivity (Wildman–Crippen MR) is 95.4 cm³/mol. The Morgan fingerprint density at radius 2 is 1.75 bits per heavy atom. The van der Waals surface area contributed by atoms with Gasteiger partial charge in [0.1, 0.15) is 6.29 Å². The second-order valence-electron chi connectivity index (χ2n) is 6.84. The fourth-order valence-electron chi connectivity index (χ4n) is 3.60. The van der Waals surface area contributed by atoms with Gasteiger partial charge in [-0.2, -0.15) is 0 Å². The van der Waals surface area contributed by atoms with E-state index in [1.54, 1.807) is 0 Å². The van der Waals surface area contributed by atoms with E-state index in [2.05, 4.69) is 69.9 Å². The van der Waals surface area contributed by atoms with Crippen molar-refractivity contribution in [1.29, 1.82) is 0 Å². The Hall–Kier alpha value is -1.95. The number of hydrogen-bond donors (Lipinski definition) is 2. The minimum atomic E-state index is -0.0728. The Labute approximate surface area is 142 Å². The molecule has 2 unspecified atom stereocenters. The van der Waals surface area contributed by atoms with Crippen molar-refractivity contribution in [3.63, 3.8) is 0 Å². The zero-order valence-electron chi connectivity index (χ0n) is 14.0. The predicted octanol–water partition coefficient (Wildman–Crippen LogP) is 1.52. The summed E-state index contributed by atoms with van der Waals surface area (Å²) < 4.78 is 0. The lowest BCUT2D eigenvalue weighted by molar-refractivity contribution is -0.127. The van der Waals surface area contributed by atoms with Gasteiger partial charge in [-0.15, -0.1) is 0 Å². The molecule has 2 N–H and O–H groups in total. The summed E-state index contributed by atoms with van der Waals surface area (Å²) in [4.78, 5) is 16.9. The molecule has 5 nitrogen and oxygen atoms in total. The number of carbonyl (C=O) groups excluding carboxylic acids is 1. The van der Waals surface area contributed by atoms with Crippen molar-refractivity contribution in [2.75, 3.05) is 33.2 Å². The molecule has 1 amide bonds. The molecule has 2 atom stereocenters. The first kappa shape index (κ1) is 15.6. The Kier molecular flexibility index (Phi) is 4.22. The summed E-state index contributed by atoms with van der Waals surface area (Å²) in [6, 6.07) is 14.9. The first-order valence-corrected chi connectivity index (χ1v) is 8.66. The van der Waals surface area contributed by atoms with Gasteiger partial charge in [-0.1, -0.05) is 36.4 Å². The van der Waals surface area contributed by atoms with Gasteiger partial charge < -0.3 is 10.2 Å². The molecule has 2 aromatic rings. The first-order chi connectivity index (χ1) is 11.7. The molecule has 0 radical (unpaired) electrons. The number of benzene rings is 2. The van der Waals surface area contributed by atoms with Crippen LogP contribution in [0.3, 0.4) is 0 Å². The Balaban J connectivity index is 1.54. The van der Waals surface area contributed by atoms with Gasteiger partial charge in [0.25, 0.3) is 0 Å². The summed E-state index contributed by atoms with van der Waals surface area (Å²) in [5.41, 5.74) is 1.18. The molecule has 24 heavy (non-hydrogen) atoms. The van der Waals surface area contributed by atoms with E-state index in [-0.39, 0.29) is 18.2 Å². The van der Waals surface area contributed by atoms with Crippen molar-refractivity contribution < 1.29 is 4.79 Å². The minimum Gasteiger partial charge on any atom is -0.328 e. The van der Waals surface area contributed by atoms with Crippen LogP contribution in [0.1, 0.15) is 18.0 Å². The van der Waals surface area contributed by atoms with Crippen LogP contribution >= 0.6 is 0 Å². The second kappa shape index (κ2) is 6.51. The van der Waals surface area contributed by atoms with Crippen LogP contribution in [-0.4, -0.2) is 55.2 Å². The average Bonchev–Trinajstić information content (AvgIpc) is 2.61. The van der Waals surface area contributed by atoms with Crippen molar-refractivity contribution in [1.82, 2.24) is 20.4 Å². The molecule has 2 aliphatic heterocycles. The van der Waals surface area contributed by atoms with E-state index >= 15 is 0 Å². The SMILES string of the molecule is CN1CCN(C2NC(=O)CC(c3ccc4ccccc4c3)N2)CC1. The Morgan fingerprint density at radius 3 is 2.54 bits per heavy atom. The Bertz CT molecular complexity index is 739. The maximum absolute atomic E-state index is 12.2. The monoisotopic (exact) mass is 324 g/mol. The van der Waals surface area contributed by atoms with Gasteiger partial charge >= 0.3 is 0 Å². The van der Waals surface area contributed by atoms with E-state index in [9.17, 15) is 4.79 Å². The van der Waals surface area contributed by atoms with Gasteiger partial charge in [0, 0.05) is 38.6 Å². The molecular weight excluding hydrogens is 300 g/mol. The number of nitrogens with one attached hydrogen (secondary N) is 2. The van der Waals surface area contributed by atoms with Gasteiger partial charge in [0.05, 0.1) is 0 Å². The molecule has 126 valence electrons. The summed E-state index contributed by atoms with van der Waals surface area (Å²) in [7, 11) is 2.14. The summed E-state index contributed by atoms with van der Waals surface area (Å²) in [6.45, 7) is 4.02. The van der Waals surface area contributed by atoms with E-state index in [1.807, 2.05) is 0 Å². The van der Waals surface area contributed by atoms with E-state index in [1.165, 1.54) is 16.3 Å². The second-order valence-corrected chi connectivity index (χ2v) is 6.84. The molecule has 2 saturated heterocycles. The molecule has 2 aromatic carbocycles. The third kappa shape index (κ3) is 3.15. The first-order valence-electron chi connectivity index (χ1n) is 8.66. The molecule has 4 rings (SSSR count). The molecule has 0 spiro atoms. The quantitative estimate of drug-likeness (QED) is 0.879. The molecule has 2 aliphatic rings. The molecular formula is C19H24N4O. The molecule has 0 bridgehead atoms. The van der Waals surface area contributed by atoms with Crippen LogP contribution < -0.4 is 10.6 Å². The highest BCUT2D eigenvalue weighted by Gasteiger charge is 2.31. The van der Waals surface area contributed by atoms with E-state index in [0.29, 0.717) is 6.42 Å². The maximum Gasteiger partial charge on any atom is 0.224 e. The number of rotatable bonds is 2. The number of nitrogens with zero attached hydrogens (tertiary/aromatic N) is 2. The number of likely N-dealkylation sites (N-methyl/N-ethyl adjacent to an activating group) is 1. The van der Waals surface area contributed by atoms with Crippen LogP contribution in [0.4, 0.5) is 0 Å². The fraction of sp³-hybridized carbons (Fsp3) is 0.421. The number of amides is 1. The molecule has 5 heteroatoms. The fourth-order valence-corrected chi connectivity index (χ4v) is 3.60. The van der Waals surface area contributed by atoms with Gasteiger partial charge in [0.2, 0.25) is 5.91 Å². The lowest BCUT2D eigenvalue weighted by atomic mass is 9.98. The van der Waals surface area contributed by atoms with Crippen molar-refractivity contribution in [2.45, 2.75) is 18.8 Å². The third-order valence-corrected chi connectivity index (χ3v) is 5.13. The summed E-state index contributed by atoms with van der Waals surface area (Å²) in [5, 5.41) is 9.17. The van der Waals surface area contributed by atoms with Crippen molar-refractivity contribution in [2.24, 2.45) is 0 Å². The van der Waals surface area contributed by atoms with Crippen LogP contribution in [-0.2, 0) is 4.79 Å².